The Labute approximate surface area is 160 Å². The Hall–Kier alpha value is -1.91. The van der Waals surface area contributed by atoms with E-state index in [2.05, 4.69) is 35.2 Å². The lowest BCUT2D eigenvalue weighted by Gasteiger charge is -2.57. The highest BCUT2D eigenvalue weighted by Gasteiger charge is 2.60. The van der Waals surface area contributed by atoms with Crippen LogP contribution in [0.4, 0.5) is 0 Å². The summed E-state index contributed by atoms with van der Waals surface area (Å²) < 4.78 is 0. The first-order chi connectivity index (χ1) is 12.9. The number of allylic oxidation sites excluding steroid dienone is 2. The summed E-state index contributed by atoms with van der Waals surface area (Å²) >= 11 is 0. The van der Waals surface area contributed by atoms with Crippen molar-refractivity contribution in [1.29, 1.82) is 0 Å². The minimum Gasteiger partial charge on any atom is -0.342 e. The van der Waals surface area contributed by atoms with Crippen molar-refractivity contribution >= 4 is 11.7 Å². The molecule has 144 valence electrons. The number of rotatable bonds is 2. The number of nitrogens with one attached hydrogen (secondary N) is 2. The maximum absolute atomic E-state index is 13.1. The molecule has 1 saturated heterocycles. The minimum absolute atomic E-state index is 0.0741. The van der Waals surface area contributed by atoms with E-state index in [9.17, 15) is 9.59 Å². The summed E-state index contributed by atoms with van der Waals surface area (Å²) in [5.74, 6) is 2.81. The van der Waals surface area contributed by atoms with Crippen LogP contribution in [0.2, 0.25) is 0 Å². The number of Topliss-reactive ketones (excluding diaryl/α,β-unsaturated/α-hetero) is 1. The fourth-order valence-electron chi connectivity index (χ4n) is 7.19. The topological polar surface area (TPSA) is 74.8 Å². The fraction of sp³-hybridized carbons (Fsp3) is 0.682. The summed E-state index contributed by atoms with van der Waals surface area (Å²) in [5, 5.41) is 3.16. The van der Waals surface area contributed by atoms with E-state index in [-0.39, 0.29) is 28.4 Å². The highest BCUT2D eigenvalue weighted by atomic mass is 16.1. The van der Waals surface area contributed by atoms with E-state index in [1.165, 1.54) is 5.70 Å². The largest absolute Gasteiger partial charge is 0.342 e. The Morgan fingerprint density at radius 2 is 2.04 bits per heavy atom. The maximum atomic E-state index is 13.1. The third-order valence-electron chi connectivity index (χ3n) is 8.66. The SMILES string of the molecule is C[C@]12CCC3C(CC=C4NC(=O)CC[C@@]43C)C1CCC2C(=O)c1ncc[nH]1. The number of imidazole rings is 1. The van der Waals surface area contributed by atoms with Gasteiger partial charge in [0.1, 0.15) is 0 Å². The summed E-state index contributed by atoms with van der Waals surface area (Å²) in [7, 11) is 0. The molecule has 0 spiro atoms. The van der Waals surface area contributed by atoms with Gasteiger partial charge in [-0.25, -0.2) is 4.98 Å². The first kappa shape index (κ1) is 17.2. The number of carbonyl (C=O) groups excluding carboxylic acids is 2. The molecule has 2 saturated carbocycles. The van der Waals surface area contributed by atoms with Crippen molar-refractivity contribution in [2.24, 2.45) is 34.5 Å². The van der Waals surface area contributed by atoms with E-state index in [0.29, 0.717) is 30.0 Å². The van der Waals surface area contributed by atoms with Crippen LogP contribution in [0.1, 0.15) is 69.4 Å². The number of amides is 1. The van der Waals surface area contributed by atoms with Crippen LogP contribution < -0.4 is 5.32 Å². The van der Waals surface area contributed by atoms with Gasteiger partial charge in [0.25, 0.3) is 0 Å². The molecule has 27 heavy (non-hydrogen) atoms. The monoisotopic (exact) mass is 367 g/mol. The second-order valence-corrected chi connectivity index (χ2v) is 9.67. The Balaban J connectivity index is 1.45. The zero-order valence-corrected chi connectivity index (χ0v) is 16.3. The zero-order valence-electron chi connectivity index (χ0n) is 16.3. The van der Waals surface area contributed by atoms with E-state index in [1.807, 2.05) is 0 Å². The quantitative estimate of drug-likeness (QED) is 0.780. The molecule has 0 bridgehead atoms. The third-order valence-corrected chi connectivity index (χ3v) is 8.66. The summed E-state index contributed by atoms with van der Waals surface area (Å²) in [6.45, 7) is 4.72. The van der Waals surface area contributed by atoms with Crippen molar-refractivity contribution in [3.63, 3.8) is 0 Å². The second kappa shape index (κ2) is 5.79. The van der Waals surface area contributed by atoms with Crippen LogP contribution in [0.25, 0.3) is 0 Å². The van der Waals surface area contributed by atoms with E-state index in [1.54, 1.807) is 12.4 Å². The Morgan fingerprint density at radius 1 is 1.19 bits per heavy atom. The number of H-pyrrole nitrogens is 1. The number of fused-ring (bicyclic) bond motifs is 5. The highest BCUT2D eigenvalue weighted by molar-refractivity contribution is 5.95. The number of carbonyl (C=O) groups is 2. The average Bonchev–Trinajstić information content (AvgIpc) is 3.29. The predicted octanol–water partition coefficient (Wildman–Crippen LogP) is 3.86. The number of hydrogen-bond donors (Lipinski definition) is 2. The molecule has 3 aliphatic carbocycles. The van der Waals surface area contributed by atoms with Gasteiger partial charge in [-0.15, -0.1) is 0 Å². The normalized spacial score (nSPS) is 43.2. The number of hydrogen-bond acceptors (Lipinski definition) is 3. The van der Waals surface area contributed by atoms with Gasteiger partial charge in [0.05, 0.1) is 0 Å². The Bertz CT molecular complexity index is 814. The molecule has 1 aromatic heterocycles. The van der Waals surface area contributed by atoms with Crippen LogP contribution in [0.15, 0.2) is 24.2 Å². The Kier molecular flexibility index (Phi) is 3.69. The molecule has 6 atom stereocenters. The lowest BCUT2D eigenvalue weighted by molar-refractivity contribution is -0.125. The Morgan fingerprint density at radius 3 is 2.81 bits per heavy atom. The standard InChI is InChI=1S/C22H29N3O2/c1-21-9-7-15-13(3-6-17-22(15,2)10-8-18(26)25-17)14(21)4-5-16(21)19(27)20-23-11-12-24-20/h6,11-16H,3-5,7-10H2,1-2H3,(H,23,24)(H,25,26)/t13?,14?,15?,16?,21-,22+/m0/s1. The van der Waals surface area contributed by atoms with Crippen LogP contribution >= 0.6 is 0 Å². The molecule has 2 heterocycles. The van der Waals surface area contributed by atoms with Gasteiger partial charge in [-0.2, -0.15) is 0 Å². The van der Waals surface area contributed by atoms with Gasteiger partial charge in [0.15, 0.2) is 5.82 Å². The minimum atomic E-state index is 0.0741. The van der Waals surface area contributed by atoms with Crippen LogP contribution in [-0.2, 0) is 4.79 Å². The van der Waals surface area contributed by atoms with Gasteiger partial charge in [-0.1, -0.05) is 19.9 Å². The molecule has 5 rings (SSSR count). The van der Waals surface area contributed by atoms with Crippen LogP contribution in [0.3, 0.4) is 0 Å². The fourth-order valence-corrected chi connectivity index (χ4v) is 7.19. The smallest absolute Gasteiger partial charge is 0.224 e. The van der Waals surface area contributed by atoms with Crippen molar-refractivity contribution in [2.45, 2.75) is 58.8 Å². The molecule has 1 aliphatic heterocycles. The molecule has 5 heteroatoms. The zero-order chi connectivity index (χ0) is 18.8. The van der Waals surface area contributed by atoms with Crippen molar-refractivity contribution in [3.8, 4) is 0 Å². The van der Waals surface area contributed by atoms with Gasteiger partial charge in [0, 0.05) is 35.8 Å². The van der Waals surface area contributed by atoms with Crippen molar-refractivity contribution < 1.29 is 9.59 Å². The molecule has 5 nitrogen and oxygen atoms in total. The second-order valence-electron chi connectivity index (χ2n) is 9.67. The molecule has 2 N–H and O–H groups in total. The van der Waals surface area contributed by atoms with Gasteiger partial charge < -0.3 is 10.3 Å². The van der Waals surface area contributed by atoms with Gasteiger partial charge >= 0.3 is 0 Å². The molecule has 0 radical (unpaired) electrons. The van der Waals surface area contributed by atoms with Gasteiger partial charge in [-0.3, -0.25) is 9.59 Å². The summed E-state index contributed by atoms with van der Waals surface area (Å²) in [5.41, 5.74) is 1.34. The molecule has 0 aromatic carbocycles. The van der Waals surface area contributed by atoms with Gasteiger partial charge in [0.2, 0.25) is 11.7 Å². The number of nitrogens with zero attached hydrogens (tertiary/aromatic N) is 1. The van der Waals surface area contributed by atoms with Gasteiger partial charge in [-0.05, 0) is 61.7 Å². The summed E-state index contributed by atoms with van der Waals surface area (Å²) in [4.78, 5) is 32.2. The summed E-state index contributed by atoms with van der Waals surface area (Å²) in [6, 6.07) is 0. The molecule has 3 fully saturated rings. The van der Waals surface area contributed by atoms with E-state index >= 15 is 0 Å². The van der Waals surface area contributed by atoms with E-state index < -0.39 is 0 Å². The van der Waals surface area contributed by atoms with E-state index in [4.69, 9.17) is 0 Å². The molecular formula is C22H29N3O2. The lowest BCUT2D eigenvalue weighted by Crippen LogP contribution is -2.53. The number of piperidine rings is 1. The van der Waals surface area contributed by atoms with Crippen molar-refractivity contribution in [2.75, 3.05) is 0 Å². The van der Waals surface area contributed by atoms with Crippen molar-refractivity contribution in [3.05, 3.63) is 30.0 Å². The number of aromatic nitrogens is 2. The predicted molar refractivity (Wildman–Crippen MR) is 102 cm³/mol. The first-order valence-corrected chi connectivity index (χ1v) is 10.5. The summed E-state index contributed by atoms with van der Waals surface area (Å²) in [6.07, 6.45) is 12.7. The average molecular weight is 367 g/mol. The molecular weight excluding hydrogens is 338 g/mol. The number of ketones is 1. The lowest BCUT2D eigenvalue weighted by atomic mass is 9.49. The molecule has 1 aromatic rings. The number of aromatic amines is 1. The van der Waals surface area contributed by atoms with Crippen LogP contribution in [0.5, 0.6) is 0 Å². The van der Waals surface area contributed by atoms with Crippen molar-refractivity contribution in [1.82, 2.24) is 15.3 Å². The third kappa shape index (κ3) is 2.33. The molecule has 4 aliphatic rings. The highest BCUT2D eigenvalue weighted by Crippen LogP contribution is 2.65. The molecule has 1 amide bonds. The first-order valence-electron chi connectivity index (χ1n) is 10.5. The van der Waals surface area contributed by atoms with Crippen LogP contribution in [0, 0.1) is 34.5 Å². The molecule has 4 unspecified atom stereocenters. The maximum Gasteiger partial charge on any atom is 0.224 e. The van der Waals surface area contributed by atoms with E-state index in [0.717, 1.165) is 38.5 Å². The van der Waals surface area contributed by atoms with Crippen LogP contribution in [-0.4, -0.2) is 21.7 Å².